The molecule has 0 amide bonds. The number of hydrogen-bond donors (Lipinski definition) is 1. The third kappa shape index (κ3) is 5.09. The SMILES string of the molecule is CCOc1cccc(CC(C)N)c1OCCC(=O)OC. The van der Waals surface area contributed by atoms with E-state index in [1.165, 1.54) is 7.11 Å². The van der Waals surface area contributed by atoms with Crippen molar-refractivity contribution in [1.82, 2.24) is 0 Å². The molecular weight excluding hydrogens is 258 g/mol. The molecule has 0 spiro atoms. The average Bonchev–Trinajstić information content (AvgIpc) is 2.41. The molecule has 5 nitrogen and oxygen atoms in total. The smallest absolute Gasteiger partial charge is 0.308 e. The van der Waals surface area contributed by atoms with Crippen molar-refractivity contribution < 1.29 is 19.0 Å². The van der Waals surface area contributed by atoms with Crippen LogP contribution < -0.4 is 15.2 Å². The molecule has 0 saturated carbocycles. The summed E-state index contributed by atoms with van der Waals surface area (Å²) in [5, 5.41) is 0. The Balaban J connectivity index is 2.84. The maximum atomic E-state index is 11.1. The molecule has 1 rings (SSSR count). The summed E-state index contributed by atoms with van der Waals surface area (Å²) in [6.45, 7) is 4.65. The zero-order valence-corrected chi connectivity index (χ0v) is 12.3. The molecule has 2 N–H and O–H groups in total. The van der Waals surface area contributed by atoms with Gasteiger partial charge in [0.05, 0.1) is 26.7 Å². The van der Waals surface area contributed by atoms with Crippen LogP contribution in [0.2, 0.25) is 0 Å². The van der Waals surface area contributed by atoms with Crippen LogP contribution in [0.3, 0.4) is 0 Å². The van der Waals surface area contributed by atoms with Crippen LogP contribution >= 0.6 is 0 Å². The topological polar surface area (TPSA) is 70.8 Å². The first-order valence-electron chi connectivity index (χ1n) is 6.78. The van der Waals surface area contributed by atoms with Gasteiger partial charge in [0.1, 0.15) is 0 Å². The third-order valence-corrected chi connectivity index (χ3v) is 2.68. The quantitative estimate of drug-likeness (QED) is 0.737. The summed E-state index contributed by atoms with van der Waals surface area (Å²) in [5.74, 6) is 1.04. The Morgan fingerprint density at radius 3 is 2.70 bits per heavy atom. The Bertz CT molecular complexity index is 432. The number of nitrogens with two attached hydrogens (primary N) is 1. The number of para-hydroxylation sites is 1. The van der Waals surface area contributed by atoms with Gasteiger partial charge in [-0.1, -0.05) is 12.1 Å². The van der Waals surface area contributed by atoms with Crippen molar-refractivity contribution in [2.45, 2.75) is 32.7 Å². The minimum Gasteiger partial charge on any atom is -0.490 e. The molecule has 0 radical (unpaired) electrons. The number of ether oxygens (including phenoxy) is 3. The number of rotatable bonds is 8. The van der Waals surface area contributed by atoms with Crippen molar-refractivity contribution in [1.29, 1.82) is 0 Å². The highest BCUT2D eigenvalue weighted by Gasteiger charge is 2.13. The van der Waals surface area contributed by atoms with E-state index in [0.29, 0.717) is 24.5 Å². The standard InChI is InChI=1S/C15H23NO4/c1-4-19-13-7-5-6-12(10-11(2)16)15(13)20-9-8-14(17)18-3/h5-7,11H,4,8-10,16H2,1-3H3. The molecule has 1 aromatic rings. The highest BCUT2D eigenvalue weighted by Crippen LogP contribution is 2.32. The summed E-state index contributed by atoms with van der Waals surface area (Å²) in [6.07, 6.45) is 0.892. The van der Waals surface area contributed by atoms with E-state index in [0.717, 1.165) is 5.56 Å². The Morgan fingerprint density at radius 2 is 2.10 bits per heavy atom. The lowest BCUT2D eigenvalue weighted by Gasteiger charge is -2.16. The predicted octanol–water partition coefficient (Wildman–Crippen LogP) is 1.92. The lowest BCUT2D eigenvalue weighted by atomic mass is 10.1. The summed E-state index contributed by atoms with van der Waals surface area (Å²) in [6, 6.07) is 5.74. The van der Waals surface area contributed by atoms with Gasteiger partial charge in [0.2, 0.25) is 0 Å². The summed E-state index contributed by atoms with van der Waals surface area (Å²) < 4.78 is 15.9. The first-order valence-corrected chi connectivity index (χ1v) is 6.78. The van der Waals surface area contributed by atoms with Crippen molar-refractivity contribution in [3.05, 3.63) is 23.8 Å². The molecule has 0 saturated heterocycles. The van der Waals surface area contributed by atoms with Crippen LogP contribution in [0.15, 0.2) is 18.2 Å². The number of carbonyl (C=O) groups is 1. The van der Waals surface area contributed by atoms with E-state index in [1.54, 1.807) is 0 Å². The van der Waals surface area contributed by atoms with E-state index in [9.17, 15) is 4.79 Å². The largest absolute Gasteiger partial charge is 0.490 e. The zero-order valence-electron chi connectivity index (χ0n) is 12.3. The molecular formula is C15H23NO4. The number of benzene rings is 1. The van der Waals surface area contributed by atoms with E-state index < -0.39 is 0 Å². The second-order valence-electron chi connectivity index (χ2n) is 4.53. The van der Waals surface area contributed by atoms with Gasteiger partial charge in [-0.15, -0.1) is 0 Å². The summed E-state index contributed by atoms with van der Waals surface area (Å²) >= 11 is 0. The van der Waals surface area contributed by atoms with Crippen LogP contribution in [0, 0.1) is 0 Å². The third-order valence-electron chi connectivity index (χ3n) is 2.68. The van der Waals surface area contributed by atoms with Crippen LogP contribution in [0.25, 0.3) is 0 Å². The van der Waals surface area contributed by atoms with Crippen LogP contribution in [0.4, 0.5) is 0 Å². The van der Waals surface area contributed by atoms with Gasteiger partial charge < -0.3 is 19.9 Å². The lowest BCUT2D eigenvalue weighted by Crippen LogP contribution is -2.19. The Morgan fingerprint density at radius 1 is 1.35 bits per heavy atom. The normalized spacial score (nSPS) is 11.8. The Kier molecular flexibility index (Phi) is 6.87. The maximum absolute atomic E-state index is 11.1. The minimum absolute atomic E-state index is 0.0230. The van der Waals surface area contributed by atoms with Gasteiger partial charge in [0.15, 0.2) is 11.5 Å². The second kappa shape index (κ2) is 8.43. The zero-order chi connectivity index (χ0) is 15.0. The van der Waals surface area contributed by atoms with Gasteiger partial charge in [0, 0.05) is 6.04 Å². The number of methoxy groups -OCH3 is 1. The number of esters is 1. The van der Waals surface area contributed by atoms with E-state index in [4.69, 9.17) is 15.2 Å². The molecule has 5 heteroatoms. The molecule has 0 heterocycles. The van der Waals surface area contributed by atoms with Gasteiger partial charge >= 0.3 is 5.97 Å². The van der Waals surface area contributed by atoms with Crippen molar-refractivity contribution >= 4 is 5.97 Å². The fourth-order valence-corrected chi connectivity index (χ4v) is 1.84. The first kappa shape index (κ1) is 16.3. The van der Waals surface area contributed by atoms with E-state index in [-0.39, 0.29) is 25.0 Å². The van der Waals surface area contributed by atoms with E-state index in [2.05, 4.69) is 4.74 Å². The molecule has 0 aromatic heterocycles. The molecule has 112 valence electrons. The Labute approximate surface area is 120 Å². The Hall–Kier alpha value is -1.75. The molecule has 1 unspecified atom stereocenters. The number of hydrogen-bond acceptors (Lipinski definition) is 5. The highest BCUT2D eigenvalue weighted by atomic mass is 16.5. The van der Waals surface area contributed by atoms with E-state index >= 15 is 0 Å². The fraction of sp³-hybridized carbons (Fsp3) is 0.533. The van der Waals surface area contributed by atoms with Gasteiger partial charge in [-0.05, 0) is 31.9 Å². The van der Waals surface area contributed by atoms with Crippen LogP contribution in [-0.4, -0.2) is 32.3 Å². The lowest BCUT2D eigenvalue weighted by molar-refractivity contribution is -0.141. The van der Waals surface area contributed by atoms with Gasteiger partial charge in [-0.25, -0.2) is 0 Å². The van der Waals surface area contributed by atoms with Crippen molar-refractivity contribution in [3.8, 4) is 11.5 Å². The molecule has 0 fully saturated rings. The van der Waals surface area contributed by atoms with E-state index in [1.807, 2.05) is 32.0 Å². The molecule has 0 aliphatic carbocycles. The molecule has 1 aromatic carbocycles. The van der Waals surface area contributed by atoms with Crippen LogP contribution in [0.1, 0.15) is 25.8 Å². The minimum atomic E-state index is -0.298. The molecule has 0 bridgehead atoms. The first-order chi connectivity index (χ1) is 9.58. The summed E-state index contributed by atoms with van der Waals surface area (Å²) in [7, 11) is 1.36. The van der Waals surface area contributed by atoms with Gasteiger partial charge in [-0.3, -0.25) is 4.79 Å². The van der Waals surface area contributed by atoms with Crippen molar-refractivity contribution in [3.63, 3.8) is 0 Å². The van der Waals surface area contributed by atoms with Crippen molar-refractivity contribution in [2.24, 2.45) is 5.73 Å². The molecule has 0 aliphatic rings. The van der Waals surface area contributed by atoms with Crippen LogP contribution in [-0.2, 0) is 16.0 Å². The van der Waals surface area contributed by atoms with Gasteiger partial charge in [-0.2, -0.15) is 0 Å². The molecule has 20 heavy (non-hydrogen) atoms. The van der Waals surface area contributed by atoms with Crippen LogP contribution in [0.5, 0.6) is 11.5 Å². The molecule has 0 aliphatic heterocycles. The average molecular weight is 281 g/mol. The number of carbonyl (C=O) groups excluding carboxylic acids is 1. The molecule has 1 atom stereocenters. The highest BCUT2D eigenvalue weighted by molar-refractivity contribution is 5.69. The summed E-state index contributed by atoms with van der Waals surface area (Å²) in [4.78, 5) is 11.1. The second-order valence-corrected chi connectivity index (χ2v) is 4.53. The maximum Gasteiger partial charge on any atom is 0.308 e. The van der Waals surface area contributed by atoms with Crippen molar-refractivity contribution in [2.75, 3.05) is 20.3 Å². The monoisotopic (exact) mass is 281 g/mol. The van der Waals surface area contributed by atoms with Gasteiger partial charge in [0.25, 0.3) is 0 Å². The summed E-state index contributed by atoms with van der Waals surface area (Å²) in [5.41, 5.74) is 6.83. The predicted molar refractivity (Wildman–Crippen MR) is 77.1 cm³/mol. The fourth-order valence-electron chi connectivity index (χ4n) is 1.84.